The van der Waals surface area contributed by atoms with Gasteiger partial charge in [0.1, 0.15) is 0 Å². The smallest absolute Gasteiger partial charge is 0.0671 e. The van der Waals surface area contributed by atoms with E-state index in [1.807, 2.05) is 6.92 Å². The summed E-state index contributed by atoms with van der Waals surface area (Å²) in [5.41, 5.74) is -0.470. The van der Waals surface area contributed by atoms with Crippen LogP contribution in [0.1, 0.15) is 33.6 Å². The third kappa shape index (κ3) is 1.99. The first kappa shape index (κ1) is 10.0. The minimum atomic E-state index is -0.470. The number of aliphatic hydroxyl groups is 1. The fourth-order valence-electron chi connectivity index (χ4n) is 1.88. The van der Waals surface area contributed by atoms with Gasteiger partial charge >= 0.3 is 0 Å². The average molecular weight is 171 g/mol. The summed E-state index contributed by atoms with van der Waals surface area (Å²) >= 11 is 0. The van der Waals surface area contributed by atoms with E-state index in [2.05, 4.69) is 19.2 Å². The number of rotatable bonds is 2. The van der Waals surface area contributed by atoms with Crippen LogP contribution in [0.25, 0.3) is 0 Å². The number of nitrogens with one attached hydrogen (secondary N) is 1. The molecule has 72 valence electrons. The maximum Gasteiger partial charge on any atom is 0.0671 e. The summed E-state index contributed by atoms with van der Waals surface area (Å²) in [4.78, 5) is 0. The number of hydrogen-bond acceptors (Lipinski definition) is 2. The quantitative estimate of drug-likeness (QED) is 0.658. The summed E-state index contributed by atoms with van der Waals surface area (Å²) < 4.78 is 0. The van der Waals surface area contributed by atoms with Gasteiger partial charge in [0.05, 0.1) is 5.60 Å². The Bertz CT molecular complexity index is 137. The summed E-state index contributed by atoms with van der Waals surface area (Å²) in [5, 5.41) is 13.5. The molecule has 1 unspecified atom stereocenters. The molecule has 2 nitrogen and oxygen atoms in total. The Morgan fingerprint density at radius 1 is 1.33 bits per heavy atom. The van der Waals surface area contributed by atoms with Gasteiger partial charge in [-0.05, 0) is 44.7 Å². The van der Waals surface area contributed by atoms with Crippen molar-refractivity contribution in [3.63, 3.8) is 0 Å². The lowest BCUT2D eigenvalue weighted by Crippen LogP contribution is -2.45. The Morgan fingerprint density at radius 2 is 1.83 bits per heavy atom. The maximum absolute atomic E-state index is 10.2. The maximum atomic E-state index is 10.2. The second-order valence-electron chi connectivity index (χ2n) is 4.40. The van der Waals surface area contributed by atoms with Crippen molar-refractivity contribution >= 4 is 0 Å². The highest BCUT2D eigenvalue weighted by Crippen LogP contribution is 2.31. The Morgan fingerprint density at radius 3 is 2.25 bits per heavy atom. The first-order chi connectivity index (χ1) is 5.55. The summed E-state index contributed by atoms with van der Waals surface area (Å²) in [6, 6.07) is 0. The monoisotopic (exact) mass is 171 g/mol. The van der Waals surface area contributed by atoms with E-state index in [0.717, 1.165) is 25.9 Å². The van der Waals surface area contributed by atoms with Crippen LogP contribution < -0.4 is 5.32 Å². The third-order valence-corrected chi connectivity index (χ3v) is 3.33. The van der Waals surface area contributed by atoms with E-state index in [1.54, 1.807) is 0 Å². The van der Waals surface area contributed by atoms with Gasteiger partial charge in [0.15, 0.2) is 0 Å². The normalized spacial score (nSPS) is 25.8. The van der Waals surface area contributed by atoms with E-state index in [9.17, 15) is 5.11 Å². The standard InChI is InChI=1S/C10H21NO/c1-8(2)10(3,12)9-4-6-11-7-5-9/h8-9,11-12H,4-7H2,1-3H3. The van der Waals surface area contributed by atoms with Crippen LogP contribution in [-0.2, 0) is 0 Å². The van der Waals surface area contributed by atoms with Gasteiger partial charge in [0.2, 0.25) is 0 Å². The summed E-state index contributed by atoms with van der Waals surface area (Å²) in [6.07, 6.45) is 2.23. The molecule has 0 aromatic rings. The van der Waals surface area contributed by atoms with Gasteiger partial charge < -0.3 is 10.4 Å². The predicted octanol–water partition coefficient (Wildman–Crippen LogP) is 1.39. The molecule has 1 fully saturated rings. The zero-order chi connectivity index (χ0) is 9.19. The van der Waals surface area contributed by atoms with Crippen LogP contribution in [0.4, 0.5) is 0 Å². The van der Waals surface area contributed by atoms with Crippen LogP contribution in [0.15, 0.2) is 0 Å². The molecule has 12 heavy (non-hydrogen) atoms. The van der Waals surface area contributed by atoms with E-state index >= 15 is 0 Å². The molecule has 2 heteroatoms. The highest BCUT2D eigenvalue weighted by Gasteiger charge is 2.35. The van der Waals surface area contributed by atoms with E-state index in [-0.39, 0.29) is 0 Å². The highest BCUT2D eigenvalue weighted by atomic mass is 16.3. The van der Waals surface area contributed by atoms with Gasteiger partial charge in [-0.3, -0.25) is 0 Å². The van der Waals surface area contributed by atoms with Gasteiger partial charge in [-0.15, -0.1) is 0 Å². The lowest BCUT2D eigenvalue weighted by molar-refractivity contribution is -0.0520. The van der Waals surface area contributed by atoms with Gasteiger partial charge in [-0.1, -0.05) is 13.8 Å². The van der Waals surface area contributed by atoms with Crippen molar-refractivity contribution in [3.05, 3.63) is 0 Å². The van der Waals surface area contributed by atoms with Gasteiger partial charge in [-0.2, -0.15) is 0 Å². The van der Waals surface area contributed by atoms with Crippen LogP contribution in [0, 0.1) is 11.8 Å². The predicted molar refractivity (Wildman–Crippen MR) is 51.1 cm³/mol. The van der Waals surface area contributed by atoms with Crippen molar-refractivity contribution in [2.24, 2.45) is 11.8 Å². The largest absolute Gasteiger partial charge is 0.390 e. The molecule has 1 aliphatic heterocycles. The lowest BCUT2D eigenvalue weighted by atomic mass is 9.75. The Labute approximate surface area is 75.4 Å². The third-order valence-electron chi connectivity index (χ3n) is 3.33. The van der Waals surface area contributed by atoms with Crippen LogP contribution in [0.2, 0.25) is 0 Å². The zero-order valence-corrected chi connectivity index (χ0v) is 8.43. The molecule has 1 atom stereocenters. The second kappa shape index (κ2) is 3.75. The van der Waals surface area contributed by atoms with Crippen molar-refractivity contribution in [1.29, 1.82) is 0 Å². The molecule has 0 saturated carbocycles. The SMILES string of the molecule is CC(C)C(C)(O)C1CCNCC1. The molecular formula is C10H21NO. The van der Waals surface area contributed by atoms with E-state index in [4.69, 9.17) is 0 Å². The molecular weight excluding hydrogens is 150 g/mol. The summed E-state index contributed by atoms with van der Waals surface area (Å²) in [6.45, 7) is 8.30. The molecule has 0 amide bonds. The molecule has 2 N–H and O–H groups in total. The average Bonchev–Trinajstić information content (AvgIpc) is 2.06. The van der Waals surface area contributed by atoms with Crippen LogP contribution in [0.5, 0.6) is 0 Å². The molecule has 0 bridgehead atoms. The van der Waals surface area contributed by atoms with Crippen LogP contribution in [-0.4, -0.2) is 23.8 Å². The topological polar surface area (TPSA) is 32.3 Å². The summed E-state index contributed by atoms with van der Waals surface area (Å²) in [5.74, 6) is 0.847. The van der Waals surface area contributed by atoms with Gasteiger partial charge in [0, 0.05) is 0 Å². The molecule has 0 aliphatic carbocycles. The molecule has 0 spiro atoms. The Balaban J connectivity index is 2.53. The van der Waals surface area contributed by atoms with Crippen molar-refractivity contribution < 1.29 is 5.11 Å². The van der Waals surface area contributed by atoms with Crippen molar-refractivity contribution in [2.75, 3.05) is 13.1 Å². The molecule has 1 heterocycles. The van der Waals surface area contributed by atoms with Crippen LogP contribution in [0.3, 0.4) is 0 Å². The number of piperidine rings is 1. The van der Waals surface area contributed by atoms with Gasteiger partial charge in [0.25, 0.3) is 0 Å². The van der Waals surface area contributed by atoms with E-state index < -0.39 is 5.60 Å². The molecule has 1 aliphatic rings. The lowest BCUT2D eigenvalue weighted by Gasteiger charge is -2.38. The minimum Gasteiger partial charge on any atom is -0.390 e. The second-order valence-corrected chi connectivity index (χ2v) is 4.40. The number of hydrogen-bond donors (Lipinski definition) is 2. The van der Waals surface area contributed by atoms with Crippen molar-refractivity contribution in [1.82, 2.24) is 5.32 Å². The Hall–Kier alpha value is -0.0800. The molecule has 1 saturated heterocycles. The molecule has 0 radical (unpaired) electrons. The van der Waals surface area contributed by atoms with Crippen molar-refractivity contribution in [2.45, 2.75) is 39.2 Å². The van der Waals surface area contributed by atoms with Gasteiger partial charge in [-0.25, -0.2) is 0 Å². The molecule has 1 rings (SSSR count). The molecule has 0 aromatic carbocycles. The summed E-state index contributed by atoms with van der Waals surface area (Å²) in [7, 11) is 0. The van der Waals surface area contributed by atoms with E-state index in [0.29, 0.717) is 11.8 Å². The molecule has 0 aromatic heterocycles. The van der Waals surface area contributed by atoms with Crippen LogP contribution >= 0.6 is 0 Å². The minimum absolute atomic E-state index is 0.362. The first-order valence-electron chi connectivity index (χ1n) is 4.98. The highest BCUT2D eigenvalue weighted by molar-refractivity contribution is 4.87. The van der Waals surface area contributed by atoms with E-state index in [1.165, 1.54) is 0 Å². The first-order valence-corrected chi connectivity index (χ1v) is 4.98. The van der Waals surface area contributed by atoms with Crippen molar-refractivity contribution in [3.8, 4) is 0 Å². The fourth-order valence-corrected chi connectivity index (χ4v) is 1.88. The zero-order valence-electron chi connectivity index (χ0n) is 8.43. The Kier molecular flexibility index (Phi) is 3.13. The fraction of sp³-hybridized carbons (Fsp3) is 1.00.